The number of amides is 1. The van der Waals surface area contributed by atoms with Crippen molar-refractivity contribution in [1.82, 2.24) is 5.32 Å². The number of carbonyl (C=O) groups is 1. The molecule has 4 aliphatic rings. The molecule has 5 nitrogen and oxygen atoms in total. The maximum Gasteiger partial charge on any atom is 0.255 e. The van der Waals surface area contributed by atoms with Crippen molar-refractivity contribution in [2.75, 3.05) is 29.9 Å². The van der Waals surface area contributed by atoms with E-state index in [9.17, 15) is 4.79 Å². The summed E-state index contributed by atoms with van der Waals surface area (Å²) >= 11 is 0. The molecule has 2 N–H and O–H groups in total. The summed E-state index contributed by atoms with van der Waals surface area (Å²) in [5, 5.41) is 7.03. The zero-order valence-corrected chi connectivity index (χ0v) is 20.6. The fourth-order valence-corrected chi connectivity index (χ4v) is 5.94. The lowest BCUT2D eigenvalue weighted by Crippen LogP contribution is -2.49. The summed E-state index contributed by atoms with van der Waals surface area (Å²) in [5.74, 6) is 3.05. The molecular weight excluding hydrogens is 422 g/mol. The van der Waals surface area contributed by atoms with Gasteiger partial charge in [0.2, 0.25) is 0 Å². The molecule has 1 aliphatic heterocycles. The molecule has 6 rings (SSSR count). The van der Waals surface area contributed by atoms with Crippen LogP contribution < -0.4 is 20.3 Å². The molecular formula is C29H39N3O2. The van der Waals surface area contributed by atoms with E-state index >= 15 is 0 Å². The molecule has 2 aromatic rings. The van der Waals surface area contributed by atoms with Gasteiger partial charge in [0.15, 0.2) is 0 Å². The molecule has 2 bridgehead atoms. The van der Waals surface area contributed by atoms with E-state index in [4.69, 9.17) is 4.74 Å². The maximum absolute atomic E-state index is 12.6. The molecule has 182 valence electrons. The number of fused-ring (bicyclic) bond motifs is 3. The maximum atomic E-state index is 12.6. The summed E-state index contributed by atoms with van der Waals surface area (Å²) in [6, 6.07) is 17.0. The number of carbonyl (C=O) groups excluding carboxylic acids is 1. The third kappa shape index (κ3) is 5.57. The van der Waals surface area contributed by atoms with Gasteiger partial charge >= 0.3 is 0 Å². The second-order valence-corrected chi connectivity index (χ2v) is 11.0. The number of ether oxygens (including phenoxy) is 1. The number of nitrogens with one attached hydrogen (secondary N) is 2. The average molecular weight is 462 g/mol. The van der Waals surface area contributed by atoms with Crippen LogP contribution in [0.25, 0.3) is 0 Å². The number of hydrogen-bond donors (Lipinski definition) is 2. The number of rotatable bonds is 8. The van der Waals surface area contributed by atoms with Gasteiger partial charge in [0.25, 0.3) is 5.91 Å². The fourth-order valence-electron chi connectivity index (χ4n) is 5.94. The summed E-state index contributed by atoms with van der Waals surface area (Å²) in [7, 11) is 0. The molecule has 1 amide bonds. The standard InChI is InChI=1S/C29H39N3O2/c1-20(2)19-34-27-13-7-23(8-14-27)29(33)31-24-9-11-26(12-10-24)32-16-15-25(18-32)30-28-17-21-3-5-22(28)6-4-21/h7-14,20-22,25,28,30H,3-6,15-19H2,1-2H3,(H,31,33). The highest BCUT2D eigenvalue weighted by molar-refractivity contribution is 6.04. The van der Waals surface area contributed by atoms with Crippen LogP contribution in [0.1, 0.15) is 62.7 Å². The molecule has 0 spiro atoms. The van der Waals surface area contributed by atoms with Gasteiger partial charge in [-0.1, -0.05) is 26.7 Å². The van der Waals surface area contributed by atoms with Crippen LogP contribution in [0.5, 0.6) is 5.75 Å². The smallest absolute Gasteiger partial charge is 0.255 e. The first kappa shape index (κ1) is 23.2. The van der Waals surface area contributed by atoms with Crippen molar-refractivity contribution in [3.8, 4) is 5.75 Å². The third-order valence-electron chi connectivity index (χ3n) is 7.88. The largest absolute Gasteiger partial charge is 0.493 e. The Balaban J connectivity index is 1.11. The van der Waals surface area contributed by atoms with Crippen molar-refractivity contribution in [1.29, 1.82) is 0 Å². The van der Waals surface area contributed by atoms with Crippen molar-refractivity contribution in [3.05, 3.63) is 54.1 Å². The summed E-state index contributed by atoms with van der Waals surface area (Å²) in [4.78, 5) is 15.1. The fraction of sp³-hybridized carbons (Fsp3) is 0.552. The molecule has 2 atom stereocenters. The number of hydrogen-bond acceptors (Lipinski definition) is 4. The molecule has 3 aliphatic carbocycles. The van der Waals surface area contributed by atoms with Crippen LogP contribution in [0.3, 0.4) is 0 Å². The van der Waals surface area contributed by atoms with Crippen molar-refractivity contribution in [3.63, 3.8) is 0 Å². The Morgan fingerprint density at radius 2 is 1.74 bits per heavy atom. The minimum Gasteiger partial charge on any atom is -0.493 e. The van der Waals surface area contributed by atoms with Crippen molar-refractivity contribution in [2.45, 2.75) is 64.5 Å². The minimum atomic E-state index is -0.102. The molecule has 3 saturated carbocycles. The lowest BCUT2D eigenvalue weighted by Gasteiger charge is -2.43. The highest BCUT2D eigenvalue weighted by atomic mass is 16.5. The van der Waals surface area contributed by atoms with Gasteiger partial charge in [-0.3, -0.25) is 4.79 Å². The normalized spacial score (nSPS) is 26.1. The Morgan fingerprint density at radius 3 is 2.38 bits per heavy atom. The van der Waals surface area contributed by atoms with Crippen LogP contribution >= 0.6 is 0 Å². The predicted octanol–water partition coefficient (Wildman–Crippen LogP) is 5.72. The van der Waals surface area contributed by atoms with E-state index in [0.29, 0.717) is 24.1 Å². The highest BCUT2D eigenvalue weighted by Crippen LogP contribution is 2.41. The van der Waals surface area contributed by atoms with E-state index in [2.05, 4.69) is 41.5 Å². The molecule has 1 heterocycles. The predicted molar refractivity (Wildman–Crippen MR) is 139 cm³/mol. The van der Waals surface area contributed by atoms with E-state index < -0.39 is 0 Å². The second kappa shape index (κ2) is 10.4. The third-order valence-corrected chi connectivity index (χ3v) is 7.88. The summed E-state index contributed by atoms with van der Waals surface area (Å²) in [5.41, 5.74) is 2.69. The van der Waals surface area contributed by atoms with Gasteiger partial charge in [0.05, 0.1) is 6.61 Å². The van der Waals surface area contributed by atoms with Crippen LogP contribution in [-0.4, -0.2) is 37.7 Å². The number of benzene rings is 2. The molecule has 2 aromatic carbocycles. The van der Waals surface area contributed by atoms with Crippen molar-refractivity contribution >= 4 is 17.3 Å². The van der Waals surface area contributed by atoms with Crippen molar-refractivity contribution in [2.24, 2.45) is 17.8 Å². The first-order valence-corrected chi connectivity index (χ1v) is 13.2. The summed E-state index contributed by atoms with van der Waals surface area (Å²) in [6.45, 7) is 7.08. The topological polar surface area (TPSA) is 53.6 Å². The quantitative estimate of drug-likeness (QED) is 0.528. The minimum absolute atomic E-state index is 0.102. The van der Waals surface area contributed by atoms with Crippen LogP contribution in [0.15, 0.2) is 48.5 Å². The Bertz CT molecular complexity index is 948. The molecule has 0 aromatic heterocycles. The molecule has 0 radical (unpaired) electrons. The van der Waals surface area contributed by atoms with Gasteiger partial charge in [-0.15, -0.1) is 0 Å². The monoisotopic (exact) mass is 461 g/mol. The number of nitrogens with zero attached hydrogens (tertiary/aromatic N) is 1. The first-order valence-electron chi connectivity index (χ1n) is 13.2. The lowest BCUT2D eigenvalue weighted by molar-refractivity contribution is 0.102. The van der Waals surface area contributed by atoms with Gasteiger partial charge < -0.3 is 20.3 Å². The Morgan fingerprint density at radius 1 is 1.00 bits per heavy atom. The molecule has 2 unspecified atom stereocenters. The van der Waals surface area contributed by atoms with E-state index in [1.165, 1.54) is 44.2 Å². The van der Waals surface area contributed by atoms with Crippen molar-refractivity contribution < 1.29 is 9.53 Å². The Hall–Kier alpha value is -2.53. The lowest BCUT2D eigenvalue weighted by atomic mass is 9.68. The zero-order valence-electron chi connectivity index (χ0n) is 20.6. The highest BCUT2D eigenvalue weighted by Gasteiger charge is 2.37. The summed E-state index contributed by atoms with van der Waals surface area (Å²) in [6.07, 6.45) is 8.39. The van der Waals surface area contributed by atoms with E-state index in [1.807, 2.05) is 36.4 Å². The second-order valence-electron chi connectivity index (χ2n) is 11.0. The Labute approximate surface area is 204 Å². The van der Waals surface area contributed by atoms with Gasteiger partial charge in [-0.2, -0.15) is 0 Å². The first-order chi connectivity index (χ1) is 16.5. The summed E-state index contributed by atoms with van der Waals surface area (Å²) < 4.78 is 5.70. The van der Waals surface area contributed by atoms with E-state index in [0.717, 1.165) is 42.4 Å². The van der Waals surface area contributed by atoms with Gasteiger partial charge in [0.1, 0.15) is 5.75 Å². The van der Waals surface area contributed by atoms with Crippen LogP contribution in [0.4, 0.5) is 11.4 Å². The molecule has 34 heavy (non-hydrogen) atoms. The average Bonchev–Trinajstić information content (AvgIpc) is 3.32. The van der Waals surface area contributed by atoms with E-state index in [1.54, 1.807) is 0 Å². The molecule has 4 fully saturated rings. The van der Waals surface area contributed by atoms with E-state index in [-0.39, 0.29) is 5.91 Å². The van der Waals surface area contributed by atoms with Gasteiger partial charge in [-0.05, 0) is 92.0 Å². The molecule has 1 saturated heterocycles. The SMILES string of the molecule is CC(C)COc1ccc(C(=O)Nc2ccc(N3CCC(NC4CC5CCC4CC5)C3)cc2)cc1. The zero-order chi connectivity index (χ0) is 23.5. The van der Waals surface area contributed by atoms with Crippen LogP contribution in [-0.2, 0) is 0 Å². The van der Waals surface area contributed by atoms with Gasteiger partial charge in [0, 0.05) is 42.1 Å². The van der Waals surface area contributed by atoms with Crippen LogP contribution in [0, 0.1) is 17.8 Å². The molecule has 5 heteroatoms. The van der Waals surface area contributed by atoms with Crippen LogP contribution in [0.2, 0.25) is 0 Å². The Kier molecular flexibility index (Phi) is 7.10. The van der Waals surface area contributed by atoms with Gasteiger partial charge in [-0.25, -0.2) is 0 Å². The number of anilines is 2.